The van der Waals surface area contributed by atoms with Crippen molar-refractivity contribution in [3.63, 3.8) is 0 Å². The first-order chi connectivity index (χ1) is 14.5. The van der Waals surface area contributed by atoms with Gasteiger partial charge in [0.1, 0.15) is 11.4 Å². The molecule has 2 heterocycles. The molecule has 2 N–H and O–H groups in total. The highest BCUT2D eigenvalue weighted by atomic mass is 32.2. The van der Waals surface area contributed by atoms with Gasteiger partial charge in [-0.1, -0.05) is 29.0 Å². The summed E-state index contributed by atoms with van der Waals surface area (Å²) in [5, 5.41) is 25.8. The second-order valence-electron chi connectivity index (χ2n) is 6.06. The standard InChI is InChI=1S/C18H13N7O3S2/c1-10-2-4-11(5-3-10)21-16(26)22-17-23-24-18(30-17)29-15-13-8-12(25(27)28)6-7-14(13)19-9-20-15/h2-9H,1H3,(H2,21,22,23,26). The fourth-order valence-corrected chi connectivity index (χ4v) is 4.23. The van der Waals surface area contributed by atoms with Gasteiger partial charge in [0.2, 0.25) is 5.13 Å². The molecule has 12 heteroatoms. The Morgan fingerprint density at radius 2 is 1.90 bits per heavy atom. The molecule has 10 nitrogen and oxygen atoms in total. The number of urea groups is 1. The van der Waals surface area contributed by atoms with Crippen molar-refractivity contribution < 1.29 is 9.72 Å². The monoisotopic (exact) mass is 439 g/mol. The summed E-state index contributed by atoms with van der Waals surface area (Å²) in [6.45, 7) is 1.96. The molecule has 0 unspecified atom stereocenters. The molecule has 2 aromatic heterocycles. The summed E-state index contributed by atoms with van der Waals surface area (Å²) < 4.78 is 0.521. The van der Waals surface area contributed by atoms with E-state index in [1.54, 1.807) is 18.2 Å². The lowest BCUT2D eigenvalue weighted by atomic mass is 10.2. The predicted octanol–water partition coefficient (Wildman–Crippen LogP) is 4.49. The molecule has 0 saturated carbocycles. The molecule has 0 aliphatic rings. The molecule has 0 atom stereocenters. The third kappa shape index (κ3) is 4.50. The van der Waals surface area contributed by atoms with Gasteiger partial charge in [-0.2, -0.15) is 0 Å². The van der Waals surface area contributed by atoms with Gasteiger partial charge in [-0.3, -0.25) is 15.4 Å². The van der Waals surface area contributed by atoms with Gasteiger partial charge >= 0.3 is 6.03 Å². The Morgan fingerprint density at radius 1 is 1.10 bits per heavy atom. The number of anilines is 2. The number of rotatable bonds is 5. The Labute approximate surface area is 177 Å². The lowest BCUT2D eigenvalue weighted by Gasteiger charge is -2.05. The number of hydrogen-bond acceptors (Lipinski definition) is 9. The molecule has 0 saturated heterocycles. The quantitative estimate of drug-likeness (QED) is 0.201. The number of fused-ring (bicyclic) bond motifs is 1. The number of non-ortho nitro benzene ring substituents is 1. The van der Waals surface area contributed by atoms with E-state index in [4.69, 9.17) is 0 Å². The van der Waals surface area contributed by atoms with Crippen LogP contribution in [0.3, 0.4) is 0 Å². The minimum absolute atomic E-state index is 0.0495. The molecule has 150 valence electrons. The first-order valence-corrected chi connectivity index (χ1v) is 10.2. The lowest BCUT2D eigenvalue weighted by Crippen LogP contribution is -2.19. The summed E-state index contributed by atoms with van der Waals surface area (Å²) in [6, 6.07) is 11.3. The average Bonchev–Trinajstić information content (AvgIpc) is 3.16. The molecule has 0 aliphatic heterocycles. The maximum absolute atomic E-state index is 12.1. The van der Waals surface area contributed by atoms with Crippen molar-refractivity contribution in [2.24, 2.45) is 0 Å². The zero-order valence-electron chi connectivity index (χ0n) is 15.4. The van der Waals surface area contributed by atoms with Crippen LogP contribution in [0, 0.1) is 17.0 Å². The summed E-state index contributed by atoms with van der Waals surface area (Å²) in [5.41, 5.74) is 2.28. The topological polar surface area (TPSA) is 136 Å². The Balaban J connectivity index is 1.48. The van der Waals surface area contributed by atoms with Crippen LogP contribution in [0.25, 0.3) is 10.9 Å². The van der Waals surface area contributed by atoms with E-state index < -0.39 is 11.0 Å². The largest absolute Gasteiger partial charge is 0.325 e. The number of aromatic nitrogens is 4. The van der Waals surface area contributed by atoms with Crippen LogP contribution in [0.4, 0.5) is 21.3 Å². The van der Waals surface area contributed by atoms with E-state index in [-0.39, 0.29) is 5.69 Å². The number of amides is 2. The number of carbonyl (C=O) groups is 1. The first kappa shape index (κ1) is 19.7. The Kier molecular flexibility index (Phi) is 5.50. The zero-order valence-corrected chi connectivity index (χ0v) is 17.0. The molecule has 4 rings (SSSR count). The summed E-state index contributed by atoms with van der Waals surface area (Å²) in [6.07, 6.45) is 1.38. The van der Waals surface area contributed by atoms with E-state index in [1.165, 1.54) is 30.2 Å². The highest BCUT2D eigenvalue weighted by Crippen LogP contribution is 2.35. The molecular formula is C18H13N7O3S2. The van der Waals surface area contributed by atoms with Crippen molar-refractivity contribution in [1.82, 2.24) is 20.2 Å². The van der Waals surface area contributed by atoms with Crippen molar-refractivity contribution in [2.45, 2.75) is 16.3 Å². The van der Waals surface area contributed by atoms with Crippen LogP contribution in [0.5, 0.6) is 0 Å². The van der Waals surface area contributed by atoms with Crippen LogP contribution in [0.2, 0.25) is 0 Å². The summed E-state index contributed by atoms with van der Waals surface area (Å²) >= 11 is 2.35. The van der Waals surface area contributed by atoms with Crippen LogP contribution in [0.15, 0.2) is 58.2 Å². The fourth-order valence-electron chi connectivity index (χ4n) is 2.50. The molecule has 0 bridgehead atoms. The molecule has 4 aromatic rings. The Bertz CT molecular complexity index is 1240. The lowest BCUT2D eigenvalue weighted by molar-refractivity contribution is -0.384. The third-order valence-corrected chi connectivity index (χ3v) is 5.82. The molecule has 2 aromatic carbocycles. The second-order valence-corrected chi connectivity index (χ2v) is 8.27. The van der Waals surface area contributed by atoms with Crippen LogP contribution in [-0.4, -0.2) is 31.1 Å². The molecule has 0 spiro atoms. The van der Waals surface area contributed by atoms with Gasteiger partial charge in [0, 0.05) is 23.2 Å². The maximum Gasteiger partial charge on any atom is 0.325 e. The molecule has 0 aliphatic carbocycles. The Hall–Kier alpha value is -3.64. The van der Waals surface area contributed by atoms with Gasteiger partial charge < -0.3 is 5.32 Å². The smallest absolute Gasteiger partial charge is 0.308 e. The molecule has 0 radical (unpaired) electrons. The summed E-state index contributed by atoms with van der Waals surface area (Å²) in [5.74, 6) is 0. The number of carbonyl (C=O) groups excluding carboxylic acids is 1. The van der Waals surface area contributed by atoms with Gasteiger partial charge in [-0.25, -0.2) is 14.8 Å². The number of nitrogens with one attached hydrogen (secondary N) is 2. The maximum atomic E-state index is 12.1. The van der Waals surface area contributed by atoms with E-state index in [9.17, 15) is 14.9 Å². The van der Waals surface area contributed by atoms with Gasteiger partial charge in [0.25, 0.3) is 5.69 Å². The van der Waals surface area contributed by atoms with Crippen LogP contribution >= 0.6 is 23.1 Å². The van der Waals surface area contributed by atoms with Crippen molar-refractivity contribution in [3.8, 4) is 0 Å². The number of nitrogens with zero attached hydrogens (tertiary/aromatic N) is 5. The normalized spacial score (nSPS) is 10.7. The van der Waals surface area contributed by atoms with Crippen molar-refractivity contribution >= 4 is 56.5 Å². The van der Waals surface area contributed by atoms with E-state index in [0.717, 1.165) is 16.9 Å². The van der Waals surface area contributed by atoms with E-state index in [0.29, 0.717) is 31.1 Å². The van der Waals surface area contributed by atoms with Crippen LogP contribution < -0.4 is 10.6 Å². The van der Waals surface area contributed by atoms with Crippen molar-refractivity contribution in [2.75, 3.05) is 10.6 Å². The second kappa shape index (κ2) is 8.39. The highest BCUT2D eigenvalue weighted by Gasteiger charge is 2.15. The van der Waals surface area contributed by atoms with E-state index >= 15 is 0 Å². The van der Waals surface area contributed by atoms with Crippen molar-refractivity contribution in [3.05, 3.63) is 64.5 Å². The SMILES string of the molecule is Cc1ccc(NC(=O)Nc2nnc(Sc3ncnc4ccc([N+](=O)[O-])cc34)s2)cc1. The molecular weight excluding hydrogens is 426 g/mol. The molecule has 30 heavy (non-hydrogen) atoms. The van der Waals surface area contributed by atoms with Crippen molar-refractivity contribution in [1.29, 1.82) is 0 Å². The van der Waals surface area contributed by atoms with E-state index in [1.807, 2.05) is 19.1 Å². The predicted molar refractivity (Wildman–Crippen MR) is 114 cm³/mol. The van der Waals surface area contributed by atoms with Crippen LogP contribution in [0.1, 0.15) is 5.56 Å². The first-order valence-electron chi connectivity index (χ1n) is 8.53. The minimum Gasteiger partial charge on any atom is -0.308 e. The number of nitro benzene ring substituents is 1. The summed E-state index contributed by atoms with van der Waals surface area (Å²) in [7, 11) is 0. The van der Waals surface area contributed by atoms with Gasteiger partial charge in [-0.15, -0.1) is 10.2 Å². The number of aryl methyl sites for hydroxylation is 1. The number of nitro groups is 1. The zero-order chi connectivity index (χ0) is 21.1. The molecule has 0 fully saturated rings. The number of benzene rings is 2. The third-order valence-electron chi connectivity index (χ3n) is 3.91. The number of hydrogen-bond donors (Lipinski definition) is 2. The van der Waals surface area contributed by atoms with Gasteiger partial charge in [0.15, 0.2) is 4.34 Å². The average molecular weight is 439 g/mol. The summed E-state index contributed by atoms with van der Waals surface area (Å²) in [4.78, 5) is 31.1. The Morgan fingerprint density at radius 3 is 2.67 bits per heavy atom. The molecule has 2 amide bonds. The highest BCUT2D eigenvalue weighted by molar-refractivity contribution is 8.01. The minimum atomic E-state index is -0.472. The fraction of sp³-hybridized carbons (Fsp3) is 0.0556. The van der Waals surface area contributed by atoms with Gasteiger partial charge in [-0.05, 0) is 36.9 Å². The van der Waals surface area contributed by atoms with E-state index in [2.05, 4.69) is 30.8 Å². The van der Waals surface area contributed by atoms with Crippen LogP contribution in [-0.2, 0) is 0 Å². The van der Waals surface area contributed by atoms with Gasteiger partial charge in [0.05, 0.1) is 10.4 Å².